The third kappa shape index (κ3) is 13.6. The minimum atomic E-state index is -1.89. The number of halogens is 1. The van der Waals surface area contributed by atoms with Crippen molar-refractivity contribution in [3.63, 3.8) is 0 Å². The molecule has 5 aliphatic rings. The molecule has 2 unspecified atom stereocenters. The van der Waals surface area contributed by atoms with Crippen LogP contribution in [0, 0.1) is 12.7 Å². The molecular weight excluding hydrogens is 1120 g/mol. The lowest BCUT2D eigenvalue weighted by molar-refractivity contribution is -0.285. The Bertz CT molecular complexity index is 3370. The van der Waals surface area contributed by atoms with Crippen molar-refractivity contribution in [2.45, 2.75) is 160 Å². The number of fused-ring (bicyclic) bond motifs is 5. The highest BCUT2D eigenvalue weighted by Gasteiger charge is 2.51. The highest BCUT2D eigenvalue weighted by Crippen LogP contribution is 2.46. The average molecular weight is 1190 g/mol. The van der Waals surface area contributed by atoms with E-state index in [1.165, 1.54) is 28.8 Å². The number of aliphatic hydroxyl groups is 3. The monoisotopic (exact) mass is 1180 g/mol. The van der Waals surface area contributed by atoms with Gasteiger partial charge in [-0.2, -0.15) is 0 Å². The molecule has 4 amide bonds. The third-order valence-electron chi connectivity index (χ3n) is 15.7. The van der Waals surface area contributed by atoms with Crippen molar-refractivity contribution >= 4 is 52.6 Å². The van der Waals surface area contributed by atoms with E-state index in [0.717, 1.165) is 52.9 Å². The van der Waals surface area contributed by atoms with Gasteiger partial charge in [-0.15, -0.1) is 0 Å². The van der Waals surface area contributed by atoms with E-state index in [1.54, 1.807) is 19.9 Å². The van der Waals surface area contributed by atoms with Gasteiger partial charge in [0.25, 0.3) is 11.5 Å². The number of esters is 3. The molecule has 26 heteroatoms. The molecule has 1 saturated heterocycles. The second-order valence-corrected chi connectivity index (χ2v) is 21.5. The van der Waals surface area contributed by atoms with Crippen LogP contribution in [-0.2, 0) is 88.9 Å². The fourth-order valence-electron chi connectivity index (χ4n) is 11.4. The summed E-state index contributed by atoms with van der Waals surface area (Å²) in [4.78, 5) is 109. The molecule has 5 heterocycles. The summed E-state index contributed by atoms with van der Waals surface area (Å²) >= 11 is 0. The van der Waals surface area contributed by atoms with Gasteiger partial charge in [0.2, 0.25) is 24.2 Å². The highest BCUT2D eigenvalue weighted by molar-refractivity contribution is 5.97. The molecule has 4 aromatic rings. The van der Waals surface area contributed by atoms with Crippen LogP contribution in [0.2, 0.25) is 0 Å². The van der Waals surface area contributed by atoms with Gasteiger partial charge in [-0.1, -0.05) is 38.0 Å². The Hall–Kier alpha value is -7.88. The number of hydrogen-bond acceptors (Lipinski definition) is 20. The highest BCUT2D eigenvalue weighted by atomic mass is 19.1. The standard InChI is InChI=1S/C59H69FN6O19/c1-6-59(77)39-21-43-50-37(24-66(43)55(74)38(39)26-80-57(59)75)49-41(16-15-35-29(2)40(60)22-42(65-50)48(35)49)64-46(70)23-63-58(76)81-25-33-14-17-44(36(20-33)54(73)62-19-18-61-47(71)28-79-34-12-10-8-7-9-11-13-34)84-56-53(83-32(5)69)52(82-31(4)68)51(72)45(85-56)27-78-30(3)67/h10,12,14,17,20-22,34,41,45,51-53,56-57,72,75,77H,6-9,11,13,15-16,18-19,23-28H2,1-5H3,(H,61,71)(H,62,73)(H,63,76)(H,64,70)/b12-10-/t34?,41-,45+,51+,52-,53+,56+,57?,59-/m0/s1. The van der Waals surface area contributed by atoms with Gasteiger partial charge in [-0.05, 0) is 85.9 Å². The first-order valence-corrected chi connectivity index (χ1v) is 28.2. The predicted octanol–water partition coefficient (Wildman–Crippen LogP) is 2.99. The Morgan fingerprint density at radius 3 is 2.40 bits per heavy atom. The maximum absolute atomic E-state index is 15.5. The van der Waals surface area contributed by atoms with Crippen LogP contribution in [0.1, 0.15) is 128 Å². The summed E-state index contributed by atoms with van der Waals surface area (Å²) in [5.41, 5.74) is 1.32. The van der Waals surface area contributed by atoms with E-state index in [2.05, 4.69) is 21.3 Å². The molecule has 9 rings (SSSR count). The van der Waals surface area contributed by atoms with Crippen molar-refractivity contribution in [1.29, 1.82) is 0 Å². The van der Waals surface area contributed by atoms with Gasteiger partial charge in [0.05, 0.1) is 47.8 Å². The van der Waals surface area contributed by atoms with Gasteiger partial charge in [-0.25, -0.2) is 14.2 Å². The summed E-state index contributed by atoms with van der Waals surface area (Å²) in [6.45, 7) is 4.40. The molecule has 0 saturated carbocycles. The molecule has 2 aromatic carbocycles. The number of ether oxygens (including phenoxy) is 8. The van der Waals surface area contributed by atoms with E-state index >= 15 is 4.39 Å². The van der Waals surface area contributed by atoms with Crippen LogP contribution in [0.5, 0.6) is 5.75 Å². The first kappa shape index (κ1) is 61.7. The summed E-state index contributed by atoms with van der Waals surface area (Å²) in [5.74, 6) is -5.01. The van der Waals surface area contributed by atoms with Crippen LogP contribution in [0.3, 0.4) is 0 Å². The van der Waals surface area contributed by atoms with E-state index in [4.69, 9.17) is 42.9 Å². The van der Waals surface area contributed by atoms with Crippen molar-refractivity contribution in [1.82, 2.24) is 30.8 Å². The predicted molar refractivity (Wildman–Crippen MR) is 294 cm³/mol. The molecule has 0 spiro atoms. The second kappa shape index (κ2) is 26.6. The van der Waals surface area contributed by atoms with Crippen molar-refractivity contribution in [2.75, 3.05) is 32.8 Å². The number of alkyl carbamates (subject to hydrolysis) is 1. The molecule has 2 aliphatic carbocycles. The summed E-state index contributed by atoms with van der Waals surface area (Å²) in [6, 6.07) is 6.24. The number of aliphatic hydroxyl groups excluding tert-OH is 2. The van der Waals surface area contributed by atoms with Gasteiger partial charge in [0.15, 0.2) is 12.4 Å². The second-order valence-electron chi connectivity index (χ2n) is 21.5. The number of hydrogen-bond donors (Lipinski definition) is 7. The molecule has 85 heavy (non-hydrogen) atoms. The lowest BCUT2D eigenvalue weighted by Gasteiger charge is -2.42. The number of carbonyl (C=O) groups is 7. The Balaban J connectivity index is 0.899. The molecule has 0 radical (unpaired) electrons. The maximum atomic E-state index is 15.5. The quantitative estimate of drug-likeness (QED) is 0.0270. The van der Waals surface area contributed by atoms with Crippen molar-refractivity contribution in [2.24, 2.45) is 0 Å². The normalized spacial score (nSPS) is 24.2. The molecule has 1 fully saturated rings. The zero-order valence-corrected chi connectivity index (χ0v) is 47.6. The van der Waals surface area contributed by atoms with E-state index in [9.17, 15) is 53.7 Å². The largest absolute Gasteiger partial charge is 0.463 e. The number of allylic oxidation sites excluding steroid dienone is 1. The Kier molecular flexibility index (Phi) is 19.3. The Morgan fingerprint density at radius 1 is 0.882 bits per heavy atom. The number of amides is 4. The Morgan fingerprint density at radius 2 is 1.65 bits per heavy atom. The van der Waals surface area contributed by atoms with Crippen LogP contribution in [0.25, 0.3) is 22.3 Å². The molecular formula is C59H69FN6O19. The van der Waals surface area contributed by atoms with Crippen molar-refractivity contribution < 1.29 is 91.2 Å². The summed E-state index contributed by atoms with van der Waals surface area (Å²) < 4.78 is 61.8. The maximum Gasteiger partial charge on any atom is 0.407 e. The van der Waals surface area contributed by atoms with Crippen molar-refractivity contribution in [3.8, 4) is 17.1 Å². The van der Waals surface area contributed by atoms with Gasteiger partial charge in [0.1, 0.15) is 55.7 Å². The van der Waals surface area contributed by atoms with Crippen LogP contribution >= 0.6 is 0 Å². The number of nitrogens with zero attached hydrogens (tertiary/aromatic N) is 2. The minimum absolute atomic E-state index is 0.0190. The number of pyridine rings is 2. The Labute approximate surface area is 486 Å². The first-order chi connectivity index (χ1) is 40.6. The summed E-state index contributed by atoms with van der Waals surface area (Å²) in [6.07, 6.45) is -1.35. The lowest BCUT2D eigenvalue weighted by atomic mass is 9.81. The minimum Gasteiger partial charge on any atom is -0.463 e. The van der Waals surface area contributed by atoms with E-state index in [1.807, 2.05) is 12.2 Å². The smallest absolute Gasteiger partial charge is 0.407 e. The summed E-state index contributed by atoms with van der Waals surface area (Å²) in [5, 5.41) is 44.9. The number of rotatable bonds is 19. The lowest BCUT2D eigenvalue weighted by Crippen LogP contribution is -2.62. The molecule has 0 bridgehead atoms. The van der Waals surface area contributed by atoms with Gasteiger partial charge >= 0.3 is 24.0 Å². The van der Waals surface area contributed by atoms with E-state index in [0.29, 0.717) is 51.9 Å². The molecule has 456 valence electrons. The van der Waals surface area contributed by atoms with Crippen LogP contribution < -0.4 is 31.6 Å². The fraction of sp³-hybridized carbons (Fsp3) is 0.508. The zero-order valence-electron chi connectivity index (χ0n) is 47.6. The third-order valence-corrected chi connectivity index (χ3v) is 15.7. The number of carbonyl (C=O) groups excluding carboxylic acids is 7. The molecule has 7 N–H and O–H groups in total. The molecule has 3 aliphatic heterocycles. The summed E-state index contributed by atoms with van der Waals surface area (Å²) in [7, 11) is 0. The van der Waals surface area contributed by atoms with E-state index < -0.39 is 121 Å². The molecule has 9 atom stereocenters. The van der Waals surface area contributed by atoms with Crippen LogP contribution in [0.15, 0.2) is 47.3 Å². The number of aromatic nitrogens is 2. The van der Waals surface area contributed by atoms with Crippen LogP contribution in [-0.4, -0.2) is 143 Å². The molecule has 25 nitrogen and oxygen atoms in total. The van der Waals surface area contributed by atoms with Gasteiger partial charge in [-0.3, -0.25) is 33.6 Å². The topological polar surface area (TPSA) is 337 Å². The zero-order chi connectivity index (χ0) is 60.9. The average Bonchev–Trinajstić information content (AvgIpc) is 1.67. The fourth-order valence-corrected chi connectivity index (χ4v) is 11.4. The first-order valence-electron chi connectivity index (χ1n) is 28.2. The van der Waals surface area contributed by atoms with Gasteiger partial charge in [0, 0.05) is 62.0 Å². The van der Waals surface area contributed by atoms with Crippen LogP contribution in [0.4, 0.5) is 9.18 Å². The number of nitrogens with one attached hydrogen (secondary N) is 4. The van der Waals surface area contributed by atoms with Gasteiger partial charge < -0.3 is 79.0 Å². The number of benzene rings is 2. The SMILES string of the molecule is CC[C@]1(O)c2cc3n(c(=O)c2COC1O)Cc1c-3nc2cc(F)c(C)c3c2c1[C@@H](NC(=O)CNC(=O)OCc1ccc(O[C@@H]2O[C@H](COC(C)=O)[C@@H](O)[C@H](OC(C)=O)[C@H]2OC(C)=O)c(C(=O)NCCNC(=O)COC2/C=C\CCCCC2)c1)CC3. The molecule has 2 aromatic heterocycles. The van der Waals surface area contributed by atoms with E-state index in [-0.39, 0.29) is 78.9 Å². The van der Waals surface area contributed by atoms with Crippen molar-refractivity contribution in [3.05, 3.63) is 103 Å². The number of aryl methyl sites for hydroxylation is 1.